The van der Waals surface area contributed by atoms with Gasteiger partial charge in [0.05, 0.1) is 0 Å². The molecule has 0 fully saturated rings. The van der Waals surface area contributed by atoms with Gasteiger partial charge in [-0.15, -0.1) is 0 Å². The smallest absolute Gasteiger partial charge is 0.0184 e. The van der Waals surface area contributed by atoms with E-state index >= 15 is 0 Å². The largest absolute Gasteiger partial charge is 0.157 e. The molecule has 1 rings (SSSR count). The van der Waals surface area contributed by atoms with E-state index in [9.17, 15) is 0 Å². The maximum atomic E-state index is 2.34. The van der Waals surface area contributed by atoms with E-state index in [1.165, 1.54) is 11.3 Å². The summed E-state index contributed by atoms with van der Waals surface area (Å²) in [5.74, 6) is 4.05. The van der Waals surface area contributed by atoms with Crippen molar-refractivity contribution < 1.29 is 0 Å². The van der Waals surface area contributed by atoms with E-state index < -0.39 is 0 Å². The highest BCUT2D eigenvalue weighted by molar-refractivity contribution is 7.98. The Morgan fingerprint density at radius 3 is 2.29 bits per heavy atom. The molecule has 0 nitrogen and oxygen atoms in total. The number of thioether (sulfide) groups is 1. The third-order valence-corrected chi connectivity index (χ3v) is 3.93. The summed E-state index contributed by atoms with van der Waals surface area (Å²) >= 11 is 2.04. The van der Waals surface area contributed by atoms with Gasteiger partial charge in [0.15, 0.2) is 0 Å². The maximum Gasteiger partial charge on any atom is 0.0184 e. The van der Waals surface area contributed by atoms with E-state index in [4.69, 9.17) is 0 Å². The molecule has 0 N–H and O–H groups in total. The van der Waals surface area contributed by atoms with E-state index in [1.807, 2.05) is 11.8 Å². The molecule has 1 aromatic carbocycles. The minimum absolute atomic E-state index is 0.804. The zero-order valence-electron chi connectivity index (χ0n) is 9.36. The summed E-state index contributed by atoms with van der Waals surface area (Å²) in [6.45, 7) is 6.93. The number of hydrogen-bond donors (Lipinski definition) is 0. The van der Waals surface area contributed by atoms with Crippen molar-refractivity contribution in [1.82, 2.24) is 0 Å². The Labute approximate surface area is 92.1 Å². The van der Waals surface area contributed by atoms with Gasteiger partial charge in [-0.3, -0.25) is 0 Å². The fraction of sp³-hybridized carbons (Fsp3) is 0.538. The van der Waals surface area contributed by atoms with Crippen LogP contribution >= 0.6 is 11.8 Å². The fourth-order valence-electron chi connectivity index (χ4n) is 1.13. The highest BCUT2D eigenvalue weighted by atomic mass is 32.2. The first kappa shape index (κ1) is 11.6. The summed E-state index contributed by atoms with van der Waals surface area (Å²) in [6.07, 6.45) is 0. The topological polar surface area (TPSA) is 0 Å². The molecule has 0 aliphatic rings. The van der Waals surface area contributed by atoms with Crippen LogP contribution in [-0.2, 0) is 5.75 Å². The molecule has 1 unspecified atom stereocenters. The van der Waals surface area contributed by atoms with Crippen LogP contribution in [0.5, 0.6) is 0 Å². The van der Waals surface area contributed by atoms with Crippen molar-refractivity contribution in [3.05, 3.63) is 35.9 Å². The molecule has 0 aliphatic heterocycles. The first-order valence-corrected chi connectivity index (χ1v) is 6.47. The van der Waals surface area contributed by atoms with Gasteiger partial charge in [-0.2, -0.15) is 11.8 Å². The van der Waals surface area contributed by atoms with Gasteiger partial charge in [-0.05, 0) is 23.2 Å². The minimum atomic E-state index is 0.804. The Kier molecular flexibility index (Phi) is 5.10. The second-order valence-electron chi connectivity index (χ2n) is 4.22. The summed E-state index contributed by atoms with van der Waals surface area (Å²) < 4.78 is 0. The zero-order chi connectivity index (χ0) is 10.4. The average molecular weight is 208 g/mol. The Morgan fingerprint density at radius 2 is 1.71 bits per heavy atom. The third kappa shape index (κ3) is 4.19. The molecule has 0 saturated carbocycles. The van der Waals surface area contributed by atoms with Crippen LogP contribution in [0.15, 0.2) is 30.3 Å². The Bertz CT molecular complexity index is 241. The predicted octanol–water partition coefficient (Wildman–Crippen LogP) is 4.21. The Morgan fingerprint density at radius 1 is 1.07 bits per heavy atom. The van der Waals surface area contributed by atoms with Crippen molar-refractivity contribution >= 4 is 11.8 Å². The summed E-state index contributed by atoms with van der Waals surface area (Å²) in [5, 5.41) is 0. The SMILES string of the molecule is CC(C)C(C)CSCc1ccccc1. The highest BCUT2D eigenvalue weighted by Crippen LogP contribution is 2.19. The monoisotopic (exact) mass is 208 g/mol. The zero-order valence-corrected chi connectivity index (χ0v) is 10.2. The quantitative estimate of drug-likeness (QED) is 0.698. The molecular weight excluding hydrogens is 188 g/mol. The predicted molar refractivity (Wildman–Crippen MR) is 66.6 cm³/mol. The molecule has 0 spiro atoms. The van der Waals surface area contributed by atoms with Gasteiger partial charge in [-0.25, -0.2) is 0 Å². The summed E-state index contributed by atoms with van der Waals surface area (Å²) in [5.41, 5.74) is 1.44. The lowest BCUT2D eigenvalue weighted by molar-refractivity contribution is 0.464. The molecule has 1 heteroatoms. The second-order valence-corrected chi connectivity index (χ2v) is 5.25. The molecule has 1 aromatic rings. The molecule has 14 heavy (non-hydrogen) atoms. The molecular formula is C13H20S. The first-order chi connectivity index (χ1) is 6.70. The Hall–Kier alpha value is -0.430. The summed E-state index contributed by atoms with van der Waals surface area (Å²) in [4.78, 5) is 0. The number of hydrogen-bond acceptors (Lipinski definition) is 1. The molecule has 78 valence electrons. The van der Waals surface area contributed by atoms with Crippen LogP contribution in [0.4, 0.5) is 0 Å². The van der Waals surface area contributed by atoms with Crippen LogP contribution < -0.4 is 0 Å². The van der Waals surface area contributed by atoms with Gasteiger partial charge in [0.25, 0.3) is 0 Å². The maximum absolute atomic E-state index is 2.34. The number of rotatable bonds is 5. The average Bonchev–Trinajstić information content (AvgIpc) is 2.19. The molecule has 0 bridgehead atoms. The van der Waals surface area contributed by atoms with E-state index in [0.717, 1.165) is 17.6 Å². The van der Waals surface area contributed by atoms with Crippen molar-refractivity contribution in [3.8, 4) is 0 Å². The van der Waals surface area contributed by atoms with Crippen LogP contribution in [0.25, 0.3) is 0 Å². The first-order valence-electron chi connectivity index (χ1n) is 5.32. The van der Waals surface area contributed by atoms with E-state index in [1.54, 1.807) is 0 Å². The van der Waals surface area contributed by atoms with E-state index in [0.29, 0.717) is 0 Å². The van der Waals surface area contributed by atoms with Crippen molar-refractivity contribution in [2.45, 2.75) is 26.5 Å². The normalized spacial score (nSPS) is 13.1. The van der Waals surface area contributed by atoms with Crippen molar-refractivity contribution in [1.29, 1.82) is 0 Å². The molecule has 0 aliphatic carbocycles. The van der Waals surface area contributed by atoms with Crippen LogP contribution in [0.3, 0.4) is 0 Å². The lowest BCUT2D eigenvalue weighted by atomic mass is 10.0. The van der Waals surface area contributed by atoms with Crippen LogP contribution in [0.1, 0.15) is 26.3 Å². The lowest BCUT2D eigenvalue weighted by Crippen LogP contribution is -2.06. The van der Waals surface area contributed by atoms with Crippen molar-refractivity contribution in [3.63, 3.8) is 0 Å². The summed E-state index contributed by atoms with van der Waals surface area (Å²) in [6, 6.07) is 10.7. The Balaban J connectivity index is 2.22. The van der Waals surface area contributed by atoms with E-state index in [-0.39, 0.29) is 0 Å². The van der Waals surface area contributed by atoms with Crippen molar-refractivity contribution in [2.24, 2.45) is 11.8 Å². The van der Waals surface area contributed by atoms with Gasteiger partial charge < -0.3 is 0 Å². The van der Waals surface area contributed by atoms with E-state index in [2.05, 4.69) is 51.1 Å². The second kappa shape index (κ2) is 6.13. The third-order valence-electron chi connectivity index (χ3n) is 2.63. The minimum Gasteiger partial charge on any atom is -0.157 e. The molecule has 0 heterocycles. The molecule has 0 aromatic heterocycles. The highest BCUT2D eigenvalue weighted by Gasteiger charge is 2.06. The van der Waals surface area contributed by atoms with Gasteiger partial charge in [0.1, 0.15) is 0 Å². The van der Waals surface area contributed by atoms with Crippen LogP contribution in [0.2, 0.25) is 0 Å². The molecule has 1 atom stereocenters. The molecule has 0 saturated heterocycles. The van der Waals surface area contributed by atoms with Crippen LogP contribution in [0, 0.1) is 11.8 Å². The number of benzene rings is 1. The van der Waals surface area contributed by atoms with Gasteiger partial charge >= 0.3 is 0 Å². The molecule has 0 amide bonds. The van der Waals surface area contributed by atoms with Gasteiger partial charge in [0.2, 0.25) is 0 Å². The lowest BCUT2D eigenvalue weighted by Gasteiger charge is -2.14. The van der Waals surface area contributed by atoms with Gasteiger partial charge in [-0.1, -0.05) is 51.1 Å². The summed E-state index contributed by atoms with van der Waals surface area (Å²) in [7, 11) is 0. The van der Waals surface area contributed by atoms with Crippen molar-refractivity contribution in [2.75, 3.05) is 5.75 Å². The van der Waals surface area contributed by atoms with Gasteiger partial charge in [0, 0.05) is 5.75 Å². The fourth-order valence-corrected chi connectivity index (χ4v) is 2.43. The standard InChI is InChI=1S/C13H20S/c1-11(2)12(3)9-14-10-13-7-5-4-6-8-13/h4-8,11-12H,9-10H2,1-3H3. The van der Waals surface area contributed by atoms with Crippen LogP contribution in [-0.4, -0.2) is 5.75 Å². The molecule has 0 radical (unpaired) electrons.